The SMILES string of the molecule is CC(C)CCc1nc(Cl)c(-c2ccc(F)cc2)c(Cl)n1. The van der Waals surface area contributed by atoms with Crippen LogP contribution in [0.5, 0.6) is 0 Å². The van der Waals surface area contributed by atoms with Crippen LogP contribution in [0.25, 0.3) is 11.1 Å². The molecule has 2 nitrogen and oxygen atoms in total. The van der Waals surface area contributed by atoms with Crippen molar-refractivity contribution in [2.24, 2.45) is 5.92 Å². The zero-order chi connectivity index (χ0) is 14.7. The van der Waals surface area contributed by atoms with E-state index in [0.717, 1.165) is 12.8 Å². The summed E-state index contributed by atoms with van der Waals surface area (Å²) < 4.78 is 12.9. The first-order valence-electron chi connectivity index (χ1n) is 6.45. The van der Waals surface area contributed by atoms with Crippen LogP contribution in [0.1, 0.15) is 26.1 Å². The van der Waals surface area contributed by atoms with Gasteiger partial charge in [-0.2, -0.15) is 0 Å². The Morgan fingerprint density at radius 3 is 2.10 bits per heavy atom. The molecule has 0 aliphatic carbocycles. The quantitative estimate of drug-likeness (QED) is 0.727. The third kappa shape index (κ3) is 3.68. The highest BCUT2D eigenvalue weighted by Gasteiger charge is 2.14. The highest BCUT2D eigenvalue weighted by Crippen LogP contribution is 2.32. The van der Waals surface area contributed by atoms with Gasteiger partial charge in [0.1, 0.15) is 21.9 Å². The third-order valence-corrected chi connectivity index (χ3v) is 3.49. The fourth-order valence-electron chi connectivity index (χ4n) is 1.83. The highest BCUT2D eigenvalue weighted by molar-refractivity contribution is 6.37. The maximum Gasteiger partial charge on any atom is 0.142 e. The molecule has 0 spiro atoms. The maximum atomic E-state index is 12.9. The van der Waals surface area contributed by atoms with Gasteiger partial charge in [0.15, 0.2) is 0 Å². The Morgan fingerprint density at radius 2 is 1.60 bits per heavy atom. The predicted octanol–water partition coefficient (Wildman–Crippen LogP) is 5.18. The van der Waals surface area contributed by atoms with Crippen molar-refractivity contribution in [1.82, 2.24) is 9.97 Å². The summed E-state index contributed by atoms with van der Waals surface area (Å²) in [5.74, 6) is 0.892. The average Bonchev–Trinajstić information content (AvgIpc) is 2.38. The molecule has 0 atom stereocenters. The molecule has 0 bridgehead atoms. The van der Waals surface area contributed by atoms with Crippen LogP contribution in [0.2, 0.25) is 10.3 Å². The summed E-state index contributed by atoms with van der Waals surface area (Å²) in [6, 6.07) is 5.93. The number of aromatic nitrogens is 2. The molecule has 0 radical (unpaired) electrons. The monoisotopic (exact) mass is 312 g/mol. The van der Waals surface area contributed by atoms with E-state index in [1.54, 1.807) is 12.1 Å². The molecule has 0 aliphatic rings. The fourth-order valence-corrected chi connectivity index (χ4v) is 2.47. The molecule has 1 heterocycles. The van der Waals surface area contributed by atoms with Gasteiger partial charge >= 0.3 is 0 Å². The molecule has 0 amide bonds. The van der Waals surface area contributed by atoms with Crippen molar-refractivity contribution in [2.45, 2.75) is 26.7 Å². The van der Waals surface area contributed by atoms with Gasteiger partial charge in [0, 0.05) is 6.42 Å². The molecular formula is C15H15Cl2FN2. The van der Waals surface area contributed by atoms with Gasteiger partial charge in [-0.05, 0) is 30.0 Å². The summed E-state index contributed by atoms with van der Waals surface area (Å²) in [6.07, 6.45) is 1.71. The standard InChI is InChI=1S/C15H15Cl2FN2/c1-9(2)3-8-12-19-14(16)13(15(17)20-12)10-4-6-11(18)7-5-10/h4-7,9H,3,8H2,1-2H3. The Morgan fingerprint density at radius 1 is 1.05 bits per heavy atom. The van der Waals surface area contributed by atoms with Crippen molar-refractivity contribution in [3.8, 4) is 11.1 Å². The van der Waals surface area contributed by atoms with Crippen LogP contribution in [-0.2, 0) is 6.42 Å². The summed E-state index contributed by atoms with van der Waals surface area (Å²) in [6.45, 7) is 4.27. The largest absolute Gasteiger partial charge is 0.220 e. The van der Waals surface area contributed by atoms with Gasteiger partial charge in [0.05, 0.1) is 5.56 Å². The van der Waals surface area contributed by atoms with Crippen molar-refractivity contribution in [2.75, 3.05) is 0 Å². The molecule has 1 aromatic heterocycles. The number of nitrogens with zero attached hydrogens (tertiary/aromatic N) is 2. The third-order valence-electron chi connectivity index (χ3n) is 2.95. The van der Waals surface area contributed by atoms with Crippen LogP contribution in [0.4, 0.5) is 4.39 Å². The number of hydrogen-bond donors (Lipinski definition) is 0. The molecule has 0 saturated carbocycles. The van der Waals surface area contributed by atoms with E-state index in [9.17, 15) is 4.39 Å². The first kappa shape index (κ1) is 15.2. The lowest BCUT2D eigenvalue weighted by Crippen LogP contribution is -2.01. The normalized spacial score (nSPS) is 11.1. The minimum Gasteiger partial charge on any atom is -0.220 e. The second-order valence-electron chi connectivity index (χ2n) is 5.04. The van der Waals surface area contributed by atoms with Crippen LogP contribution in [-0.4, -0.2) is 9.97 Å². The number of rotatable bonds is 4. The first-order valence-corrected chi connectivity index (χ1v) is 7.21. The van der Waals surface area contributed by atoms with E-state index >= 15 is 0 Å². The van der Waals surface area contributed by atoms with Crippen molar-refractivity contribution in [3.63, 3.8) is 0 Å². The second-order valence-corrected chi connectivity index (χ2v) is 5.75. The van der Waals surface area contributed by atoms with E-state index in [1.807, 2.05) is 0 Å². The van der Waals surface area contributed by atoms with Crippen molar-refractivity contribution >= 4 is 23.2 Å². The van der Waals surface area contributed by atoms with Gasteiger partial charge in [-0.3, -0.25) is 0 Å². The van der Waals surface area contributed by atoms with Gasteiger partial charge in [0.25, 0.3) is 0 Å². The summed E-state index contributed by atoms with van der Waals surface area (Å²) in [4.78, 5) is 8.56. The zero-order valence-electron chi connectivity index (χ0n) is 11.3. The Hall–Kier alpha value is -1.19. The maximum absolute atomic E-state index is 12.9. The Bertz CT molecular complexity index is 574. The molecule has 0 fully saturated rings. The van der Waals surface area contributed by atoms with Crippen LogP contribution in [0.3, 0.4) is 0 Å². The zero-order valence-corrected chi connectivity index (χ0v) is 12.8. The summed E-state index contributed by atoms with van der Waals surface area (Å²) in [5.41, 5.74) is 1.25. The second kappa shape index (κ2) is 6.51. The lowest BCUT2D eigenvalue weighted by molar-refractivity contribution is 0.575. The number of benzene rings is 1. The van der Waals surface area contributed by atoms with E-state index in [4.69, 9.17) is 23.2 Å². The predicted molar refractivity (Wildman–Crippen MR) is 80.6 cm³/mol. The molecule has 20 heavy (non-hydrogen) atoms. The molecular weight excluding hydrogens is 298 g/mol. The molecule has 0 aliphatic heterocycles. The van der Waals surface area contributed by atoms with Gasteiger partial charge in [-0.1, -0.05) is 49.2 Å². The number of hydrogen-bond acceptors (Lipinski definition) is 2. The molecule has 5 heteroatoms. The van der Waals surface area contributed by atoms with E-state index < -0.39 is 0 Å². The van der Waals surface area contributed by atoms with Crippen LogP contribution in [0.15, 0.2) is 24.3 Å². The van der Waals surface area contributed by atoms with E-state index in [2.05, 4.69) is 23.8 Å². The van der Waals surface area contributed by atoms with Crippen LogP contribution in [0, 0.1) is 11.7 Å². The lowest BCUT2D eigenvalue weighted by atomic mass is 10.1. The van der Waals surface area contributed by atoms with Crippen LogP contribution >= 0.6 is 23.2 Å². The molecule has 1 aromatic carbocycles. The van der Waals surface area contributed by atoms with Crippen molar-refractivity contribution in [1.29, 1.82) is 0 Å². The van der Waals surface area contributed by atoms with E-state index in [1.165, 1.54) is 12.1 Å². The average molecular weight is 313 g/mol. The number of aryl methyl sites for hydroxylation is 1. The molecule has 0 saturated heterocycles. The lowest BCUT2D eigenvalue weighted by Gasteiger charge is -2.09. The molecule has 106 valence electrons. The molecule has 2 rings (SSSR count). The summed E-state index contributed by atoms with van der Waals surface area (Å²) in [7, 11) is 0. The fraction of sp³-hybridized carbons (Fsp3) is 0.333. The van der Waals surface area contributed by atoms with Crippen LogP contribution < -0.4 is 0 Å². The van der Waals surface area contributed by atoms with Gasteiger partial charge in [0.2, 0.25) is 0 Å². The summed E-state index contributed by atoms with van der Waals surface area (Å²) >= 11 is 12.4. The van der Waals surface area contributed by atoms with Gasteiger partial charge in [-0.15, -0.1) is 0 Å². The van der Waals surface area contributed by atoms with E-state index in [0.29, 0.717) is 33.2 Å². The van der Waals surface area contributed by atoms with Gasteiger partial charge < -0.3 is 0 Å². The molecule has 2 aromatic rings. The minimum absolute atomic E-state index is 0.301. The van der Waals surface area contributed by atoms with Gasteiger partial charge in [-0.25, -0.2) is 14.4 Å². The highest BCUT2D eigenvalue weighted by atomic mass is 35.5. The topological polar surface area (TPSA) is 25.8 Å². The van der Waals surface area contributed by atoms with Crippen molar-refractivity contribution < 1.29 is 4.39 Å². The number of halogens is 3. The minimum atomic E-state index is -0.310. The Labute approximate surface area is 128 Å². The van der Waals surface area contributed by atoms with Crippen molar-refractivity contribution in [3.05, 3.63) is 46.2 Å². The smallest absolute Gasteiger partial charge is 0.142 e. The summed E-state index contributed by atoms with van der Waals surface area (Å²) in [5, 5.41) is 0.603. The Balaban J connectivity index is 2.33. The van der Waals surface area contributed by atoms with E-state index in [-0.39, 0.29) is 5.82 Å². The Kier molecular flexibility index (Phi) is 4.95. The molecule has 0 unspecified atom stereocenters. The first-order chi connectivity index (χ1) is 9.47. The molecule has 0 N–H and O–H groups in total.